The normalized spacial score (nSPS) is 17.5. The van der Waals surface area contributed by atoms with Gasteiger partial charge in [-0.25, -0.2) is 0 Å². The molecule has 1 aliphatic rings. The number of fused-ring (bicyclic) bond motifs is 1. The average Bonchev–Trinajstić information content (AvgIpc) is 2.28. The van der Waals surface area contributed by atoms with E-state index >= 15 is 0 Å². The van der Waals surface area contributed by atoms with Gasteiger partial charge in [-0.1, -0.05) is 18.6 Å². The van der Waals surface area contributed by atoms with E-state index in [0.29, 0.717) is 24.1 Å². The number of carbonyl (C=O) groups excluding carboxylic acids is 2. The molecule has 0 bridgehead atoms. The Morgan fingerprint density at radius 3 is 2.56 bits per heavy atom. The minimum atomic E-state index is 0.00199. The third-order valence-electron chi connectivity index (χ3n) is 2.81. The summed E-state index contributed by atoms with van der Waals surface area (Å²) in [6.45, 7) is 0. The van der Waals surface area contributed by atoms with Crippen molar-refractivity contribution < 1.29 is 9.59 Å². The molecule has 84 valence electrons. The lowest BCUT2D eigenvalue weighted by Gasteiger charge is -2.12. The molecule has 3 heteroatoms. The van der Waals surface area contributed by atoms with Gasteiger partial charge in [-0.05, 0) is 25.0 Å². The summed E-state index contributed by atoms with van der Waals surface area (Å²) in [6.07, 6.45) is 3.80. The van der Waals surface area contributed by atoms with Crippen LogP contribution in [0.15, 0.2) is 24.3 Å². The molecule has 0 spiro atoms. The minimum Gasteiger partial charge on any atom is -0.325 e. The highest BCUT2D eigenvalue weighted by Crippen LogP contribution is 2.20. The molecule has 1 aromatic carbocycles. The highest BCUT2D eigenvalue weighted by atomic mass is 16.1. The molecular weight excluding hydrogens is 202 g/mol. The zero-order chi connectivity index (χ0) is 11.4. The Balaban J connectivity index is 2.31. The van der Waals surface area contributed by atoms with Crippen LogP contribution in [0.2, 0.25) is 0 Å². The molecule has 2 rings (SSSR count). The lowest BCUT2D eigenvalue weighted by molar-refractivity contribution is -0.116. The molecule has 1 N–H and O–H groups in total. The number of carbonyl (C=O) groups is 2. The Morgan fingerprint density at radius 1 is 0.938 bits per heavy atom. The van der Waals surface area contributed by atoms with Crippen molar-refractivity contribution in [1.29, 1.82) is 0 Å². The van der Waals surface area contributed by atoms with Gasteiger partial charge in [0.1, 0.15) is 0 Å². The van der Waals surface area contributed by atoms with Gasteiger partial charge >= 0.3 is 0 Å². The van der Waals surface area contributed by atoms with Gasteiger partial charge in [0.05, 0.1) is 5.69 Å². The van der Waals surface area contributed by atoms with E-state index in [1.165, 1.54) is 0 Å². The third-order valence-corrected chi connectivity index (χ3v) is 2.81. The molecule has 1 aliphatic heterocycles. The van der Waals surface area contributed by atoms with E-state index in [2.05, 4.69) is 5.32 Å². The Kier molecular flexibility index (Phi) is 3.34. The fraction of sp³-hybridized carbons (Fsp3) is 0.385. The van der Waals surface area contributed by atoms with Gasteiger partial charge in [0.15, 0.2) is 5.78 Å². The number of hydrogen-bond acceptors (Lipinski definition) is 2. The van der Waals surface area contributed by atoms with Crippen LogP contribution < -0.4 is 5.32 Å². The van der Waals surface area contributed by atoms with Crippen LogP contribution in [0.3, 0.4) is 0 Å². The number of Topliss-reactive ketones (excluding diaryl/α,β-unsaturated/α-hetero) is 1. The van der Waals surface area contributed by atoms with Crippen LogP contribution in [0, 0.1) is 0 Å². The molecule has 0 radical (unpaired) electrons. The van der Waals surface area contributed by atoms with Crippen molar-refractivity contribution in [2.75, 3.05) is 5.32 Å². The second-order valence-electron chi connectivity index (χ2n) is 4.08. The van der Waals surface area contributed by atoms with Gasteiger partial charge in [0.2, 0.25) is 5.91 Å². The van der Waals surface area contributed by atoms with Crippen LogP contribution in [0.4, 0.5) is 5.69 Å². The first-order chi connectivity index (χ1) is 7.77. The zero-order valence-corrected chi connectivity index (χ0v) is 9.16. The van der Waals surface area contributed by atoms with Gasteiger partial charge in [0, 0.05) is 18.4 Å². The Labute approximate surface area is 94.9 Å². The van der Waals surface area contributed by atoms with Gasteiger partial charge in [-0.2, -0.15) is 0 Å². The van der Waals surface area contributed by atoms with Crippen molar-refractivity contribution in [1.82, 2.24) is 0 Å². The molecule has 0 aliphatic carbocycles. The van der Waals surface area contributed by atoms with Crippen molar-refractivity contribution in [3.8, 4) is 0 Å². The lowest BCUT2D eigenvalue weighted by Crippen LogP contribution is -2.15. The predicted molar refractivity (Wildman–Crippen MR) is 62.5 cm³/mol. The second kappa shape index (κ2) is 4.92. The van der Waals surface area contributed by atoms with Gasteiger partial charge in [0.25, 0.3) is 0 Å². The van der Waals surface area contributed by atoms with Crippen molar-refractivity contribution in [3.05, 3.63) is 29.8 Å². The van der Waals surface area contributed by atoms with Crippen molar-refractivity contribution in [2.24, 2.45) is 0 Å². The number of amides is 1. The highest BCUT2D eigenvalue weighted by Gasteiger charge is 2.14. The van der Waals surface area contributed by atoms with E-state index in [4.69, 9.17) is 0 Å². The first-order valence-corrected chi connectivity index (χ1v) is 5.69. The molecule has 3 nitrogen and oxygen atoms in total. The Hall–Kier alpha value is -1.64. The minimum absolute atomic E-state index is 0.00199. The van der Waals surface area contributed by atoms with E-state index in [9.17, 15) is 9.59 Å². The first-order valence-electron chi connectivity index (χ1n) is 5.69. The highest BCUT2D eigenvalue weighted by molar-refractivity contribution is 6.04. The maximum absolute atomic E-state index is 11.9. The monoisotopic (exact) mass is 217 g/mol. The first kappa shape index (κ1) is 10.9. The Morgan fingerprint density at radius 2 is 1.69 bits per heavy atom. The van der Waals surface area contributed by atoms with Crippen molar-refractivity contribution in [2.45, 2.75) is 32.1 Å². The molecule has 0 aromatic heterocycles. The van der Waals surface area contributed by atoms with Gasteiger partial charge < -0.3 is 5.32 Å². The molecule has 0 atom stereocenters. The molecule has 1 aromatic rings. The summed E-state index contributed by atoms with van der Waals surface area (Å²) in [7, 11) is 0. The average molecular weight is 217 g/mol. The lowest BCUT2D eigenvalue weighted by atomic mass is 10.0. The standard InChI is InChI=1S/C13H15NO2/c15-12-8-2-1-3-9-13(16)14-11-7-5-4-6-10(11)12/h4-7H,1-3,8-9H2,(H,14,16). The Bertz CT molecular complexity index is 412. The van der Waals surface area contributed by atoms with E-state index in [0.717, 1.165) is 19.3 Å². The SMILES string of the molecule is O=C1CCCCCC(=O)c2ccccc2N1. The van der Waals surface area contributed by atoms with Crippen LogP contribution in [0.1, 0.15) is 42.5 Å². The van der Waals surface area contributed by atoms with Gasteiger partial charge in [-0.15, -0.1) is 0 Å². The molecule has 0 saturated heterocycles. The third kappa shape index (κ3) is 2.48. The van der Waals surface area contributed by atoms with Crippen LogP contribution in [0.25, 0.3) is 0 Å². The summed E-state index contributed by atoms with van der Waals surface area (Å²) in [5.41, 5.74) is 1.29. The molecule has 16 heavy (non-hydrogen) atoms. The summed E-state index contributed by atoms with van der Waals surface area (Å²) in [5, 5.41) is 2.80. The molecule has 0 fully saturated rings. The second-order valence-corrected chi connectivity index (χ2v) is 4.08. The smallest absolute Gasteiger partial charge is 0.224 e. The summed E-state index contributed by atoms with van der Waals surface area (Å²) < 4.78 is 0. The van der Waals surface area contributed by atoms with E-state index in [1.807, 2.05) is 12.1 Å². The number of rotatable bonds is 0. The number of para-hydroxylation sites is 1. The van der Waals surface area contributed by atoms with Gasteiger partial charge in [-0.3, -0.25) is 9.59 Å². The largest absolute Gasteiger partial charge is 0.325 e. The zero-order valence-electron chi connectivity index (χ0n) is 9.16. The van der Waals surface area contributed by atoms with Crippen LogP contribution >= 0.6 is 0 Å². The van der Waals surface area contributed by atoms with Crippen molar-refractivity contribution in [3.63, 3.8) is 0 Å². The summed E-state index contributed by atoms with van der Waals surface area (Å²) >= 11 is 0. The number of benzene rings is 1. The molecule has 1 heterocycles. The summed E-state index contributed by atoms with van der Waals surface area (Å²) in [6, 6.07) is 7.22. The number of hydrogen-bond donors (Lipinski definition) is 1. The maximum atomic E-state index is 11.9. The number of anilines is 1. The fourth-order valence-electron chi connectivity index (χ4n) is 1.93. The maximum Gasteiger partial charge on any atom is 0.224 e. The predicted octanol–water partition coefficient (Wildman–Crippen LogP) is 2.77. The molecule has 0 saturated carbocycles. The topological polar surface area (TPSA) is 46.2 Å². The van der Waals surface area contributed by atoms with E-state index < -0.39 is 0 Å². The van der Waals surface area contributed by atoms with E-state index in [1.54, 1.807) is 12.1 Å². The quantitative estimate of drug-likeness (QED) is 0.726. The molecular formula is C13H15NO2. The summed E-state index contributed by atoms with van der Waals surface area (Å²) in [4.78, 5) is 23.4. The van der Waals surface area contributed by atoms with Crippen LogP contribution in [0.5, 0.6) is 0 Å². The molecule has 1 amide bonds. The number of ketones is 1. The fourth-order valence-corrected chi connectivity index (χ4v) is 1.93. The summed E-state index contributed by atoms with van der Waals surface area (Å²) in [5.74, 6) is 0.125. The van der Waals surface area contributed by atoms with E-state index in [-0.39, 0.29) is 11.7 Å². The van der Waals surface area contributed by atoms with Crippen molar-refractivity contribution >= 4 is 17.4 Å². The number of nitrogens with one attached hydrogen (secondary N) is 1. The van der Waals surface area contributed by atoms with Crippen LogP contribution in [-0.4, -0.2) is 11.7 Å². The molecule has 0 unspecified atom stereocenters. The van der Waals surface area contributed by atoms with Crippen LogP contribution in [-0.2, 0) is 4.79 Å².